The van der Waals surface area contributed by atoms with E-state index in [9.17, 15) is 9.18 Å². The fourth-order valence-corrected chi connectivity index (χ4v) is 2.19. The molecule has 3 nitrogen and oxygen atoms in total. The molecule has 1 saturated heterocycles. The predicted molar refractivity (Wildman–Crippen MR) is 65.2 cm³/mol. The summed E-state index contributed by atoms with van der Waals surface area (Å²) in [5.74, 6) is -0.574. The highest BCUT2D eigenvalue weighted by Crippen LogP contribution is 2.20. The third kappa shape index (κ3) is 2.82. The molecule has 17 heavy (non-hydrogen) atoms. The van der Waals surface area contributed by atoms with Gasteiger partial charge in [0, 0.05) is 6.04 Å². The Morgan fingerprint density at radius 2 is 2.24 bits per heavy atom. The number of halogens is 1. The lowest BCUT2D eigenvalue weighted by molar-refractivity contribution is -0.121. The molecule has 0 aliphatic carbocycles. The summed E-state index contributed by atoms with van der Waals surface area (Å²) in [6.07, 6.45) is 1.84. The Morgan fingerprint density at radius 3 is 2.94 bits per heavy atom. The molecular weight excluding hydrogens is 219 g/mol. The standard InChI is InChI=1S/C13H17FN2O/c1-9-10(5-4-8-15-9)13(17)16-12-7-3-2-6-11(12)14/h2-3,6-7,9-10,15H,4-5,8H2,1H3,(H,16,17). The van der Waals surface area contributed by atoms with E-state index in [2.05, 4.69) is 10.6 Å². The Bertz CT molecular complexity index is 408. The number of para-hydroxylation sites is 1. The van der Waals surface area contributed by atoms with Crippen LogP contribution in [0.2, 0.25) is 0 Å². The molecule has 2 unspecified atom stereocenters. The first-order valence-corrected chi connectivity index (χ1v) is 5.97. The summed E-state index contributed by atoms with van der Waals surface area (Å²) >= 11 is 0. The van der Waals surface area contributed by atoms with Crippen LogP contribution in [0, 0.1) is 11.7 Å². The molecule has 1 heterocycles. The zero-order valence-electron chi connectivity index (χ0n) is 9.87. The number of rotatable bonds is 2. The van der Waals surface area contributed by atoms with Crippen molar-refractivity contribution in [1.29, 1.82) is 0 Å². The molecule has 2 rings (SSSR count). The molecule has 1 amide bonds. The van der Waals surface area contributed by atoms with Crippen LogP contribution in [0.5, 0.6) is 0 Å². The molecular formula is C13H17FN2O. The van der Waals surface area contributed by atoms with Crippen molar-refractivity contribution in [3.8, 4) is 0 Å². The molecule has 1 fully saturated rings. The molecule has 0 aromatic heterocycles. The number of piperidine rings is 1. The van der Waals surface area contributed by atoms with Gasteiger partial charge in [0.25, 0.3) is 0 Å². The van der Waals surface area contributed by atoms with Crippen molar-refractivity contribution in [2.75, 3.05) is 11.9 Å². The van der Waals surface area contributed by atoms with Crippen LogP contribution in [0.25, 0.3) is 0 Å². The highest BCUT2D eigenvalue weighted by atomic mass is 19.1. The molecule has 0 radical (unpaired) electrons. The first-order valence-electron chi connectivity index (χ1n) is 5.97. The van der Waals surface area contributed by atoms with Gasteiger partial charge in [0.05, 0.1) is 11.6 Å². The molecule has 1 aromatic rings. The Labute approximate surface area is 100 Å². The van der Waals surface area contributed by atoms with E-state index in [1.165, 1.54) is 6.07 Å². The average Bonchev–Trinajstić information content (AvgIpc) is 2.32. The SMILES string of the molecule is CC1NCCCC1C(=O)Nc1ccccc1F. The van der Waals surface area contributed by atoms with Gasteiger partial charge in [0.1, 0.15) is 5.82 Å². The van der Waals surface area contributed by atoms with Gasteiger partial charge in [-0.1, -0.05) is 12.1 Å². The first-order chi connectivity index (χ1) is 8.18. The summed E-state index contributed by atoms with van der Waals surface area (Å²) in [5, 5.41) is 5.92. The van der Waals surface area contributed by atoms with Crippen molar-refractivity contribution < 1.29 is 9.18 Å². The van der Waals surface area contributed by atoms with E-state index in [1.54, 1.807) is 18.2 Å². The Balaban J connectivity index is 2.03. The van der Waals surface area contributed by atoms with Gasteiger partial charge >= 0.3 is 0 Å². The minimum absolute atomic E-state index is 0.0802. The predicted octanol–water partition coefficient (Wildman–Crippen LogP) is 2.15. The van der Waals surface area contributed by atoms with Gasteiger partial charge in [0.2, 0.25) is 5.91 Å². The first kappa shape index (κ1) is 12.0. The molecule has 0 saturated carbocycles. The van der Waals surface area contributed by atoms with Crippen LogP contribution in [0.15, 0.2) is 24.3 Å². The Kier molecular flexibility index (Phi) is 3.74. The van der Waals surface area contributed by atoms with Gasteiger partial charge in [-0.3, -0.25) is 4.79 Å². The summed E-state index contributed by atoms with van der Waals surface area (Å²) < 4.78 is 13.4. The van der Waals surface area contributed by atoms with Crippen molar-refractivity contribution in [3.63, 3.8) is 0 Å². The maximum absolute atomic E-state index is 13.4. The van der Waals surface area contributed by atoms with Crippen LogP contribution in [0.4, 0.5) is 10.1 Å². The Morgan fingerprint density at radius 1 is 1.47 bits per heavy atom. The largest absolute Gasteiger partial charge is 0.323 e. The van der Waals surface area contributed by atoms with Gasteiger partial charge in [-0.25, -0.2) is 4.39 Å². The quantitative estimate of drug-likeness (QED) is 0.826. The molecule has 0 spiro atoms. The number of nitrogens with one attached hydrogen (secondary N) is 2. The lowest BCUT2D eigenvalue weighted by atomic mass is 9.91. The van der Waals surface area contributed by atoms with Crippen LogP contribution in [0.3, 0.4) is 0 Å². The summed E-state index contributed by atoms with van der Waals surface area (Å²) in [7, 11) is 0. The number of carbonyl (C=O) groups is 1. The highest BCUT2D eigenvalue weighted by molar-refractivity contribution is 5.93. The fraction of sp³-hybridized carbons (Fsp3) is 0.462. The van der Waals surface area contributed by atoms with Crippen LogP contribution in [-0.4, -0.2) is 18.5 Å². The van der Waals surface area contributed by atoms with Crippen LogP contribution < -0.4 is 10.6 Å². The summed E-state index contributed by atoms with van der Waals surface area (Å²) in [6, 6.07) is 6.39. The normalized spacial score (nSPS) is 24.4. The zero-order chi connectivity index (χ0) is 12.3. The van der Waals surface area contributed by atoms with E-state index in [4.69, 9.17) is 0 Å². The number of hydrogen-bond acceptors (Lipinski definition) is 2. The lowest BCUT2D eigenvalue weighted by Gasteiger charge is -2.28. The van der Waals surface area contributed by atoms with Crippen LogP contribution in [0.1, 0.15) is 19.8 Å². The monoisotopic (exact) mass is 236 g/mol. The molecule has 2 atom stereocenters. The molecule has 92 valence electrons. The molecule has 1 aromatic carbocycles. The second-order valence-corrected chi connectivity index (χ2v) is 4.46. The van der Waals surface area contributed by atoms with Gasteiger partial charge < -0.3 is 10.6 Å². The molecule has 0 bridgehead atoms. The van der Waals surface area contributed by atoms with Gasteiger partial charge in [-0.2, -0.15) is 0 Å². The Hall–Kier alpha value is -1.42. The molecule has 4 heteroatoms. The van der Waals surface area contributed by atoms with Gasteiger partial charge in [-0.15, -0.1) is 0 Å². The van der Waals surface area contributed by atoms with E-state index in [-0.39, 0.29) is 23.6 Å². The number of benzene rings is 1. The van der Waals surface area contributed by atoms with Crippen molar-refractivity contribution in [1.82, 2.24) is 5.32 Å². The number of carbonyl (C=O) groups excluding carboxylic acids is 1. The van der Waals surface area contributed by atoms with E-state index >= 15 is 0 Å². The number of anilines is 1. The topological polar surface area (TPSA) is 41.1 Å². The number of hydrogen-bond donors (Lipinski definition) is 2. The highest BCUT2D eigenvalue weighted by Gasteiger charge is 2.27. The van der Waals surface area contributed by atoms with E-state index in [0.29, 0.717) is 0 Å². The molecule has 1 aliphatic heterocycles. The van der Waals surface area contributed by atoms with Crippen molar-refractivity contribution in [2.24, 2.45) is 5.92 Å². The van der Waals surface area contributed by atoms with Crippen LogP contribution in [-0.2, 0) is 4.79 Å². The molecule has 2 N–H and O–H groups in total. The smallest absolute Gasteiger partial charge is 0.229 e. The second kappa shape index (κ2) is 5.27. The van der Waals surface area contributed by atoms with Crippen LogP contribution >= 0.6 is 0 Å². The molecule has 1 aliphatic rings. The minimum atomic E-state index is -0.391. The fourth-order valence-electron chi connectivity index (χ4n) is 2.19. The third-order valence-electron chi connectivity index (χ3n) is 3.23. The van der Waals surface area contributed by atoms with E-state index in [1.807, 2.05) is 6.92 Å². The third-order valence-corrected chi connectivity index (χ3v) is 3.23. The maximum Gasteiger partial charge on any atom is 0.229 e. The minimum Gasteiger partial charge on any atom is -0.323 e. The summed E-state index contributed by atoms with van der Waals surface area (Å²) in [5.41, 5.74) is 0.260. The van der Waals surface area contributed by atoms with E-state index < -0.39 is 5.82 Å². The average molecular weight is 236 g/mol. The zero-order valence-corrected chi connectivity index (χ0v) is 9.87. The van der Waals surface area contributed by atoms with Gasteiger partial charge in [0.15, 0.2) is 0 Å². The van der Waals surface area contributed by atoms with Crippen molar-refractivity contribution >= 4 is 11.6 Å². The second-order valence-electron chi connectivity index (χ2n) is 4.46. The lowest BCUT2D eigenvalue weighted by Crippen LogP contribution is -2.44. The summed E-state index contributed by atoms with van der Waals surface area (Å²) in [6.45, 7) is 2.94. The van der Waals surface area contributed by atoms with Crippen molar-refractivity contribution in [2.45, 2.75) is 25.8 Å². The maximum atomic E-state index is 13.4. The van der Waals surface area contributed by atoms with E-state index in [0.717, 1.165) is 19.4 Å². The number of amides is 1. The van der Waals surface area contributed by atoms with Gasteiger partial charge in [-0.05, 0) is 38.4 Å². The summed E-state index contributed by atoms with van der Waals surface area (Å²) in [4.78, 5) is 12.0. The van der Waals surface area contributed by atoms with Crippen molar-refractivity contribution in [3.05, 3.63) is 30.1 Å².